The Morgan fingerprint density at radius 1 is 1.22 bits per heavy atom. The van der Waals surface area contributed by atoms with Gasteiger partial charge in [-0.15, -0.1) is 0 Å². The summed E-state index contributed by atoms with van der Waals surface area (Å²) in [5.74, 6) is -0.328. The molecule has 1 aliphatic heterocycles. The van der Waals surface area contributed by atoms with Crippen LogP contribution in [0.3, 0.4) is 0 Å². The number of carbonyl (C=O) groups excluding carboxylic acids is 1. The molecule has 1 aliphatic rings. The summed E-state index contributed by atoms with van der Waals surface area (Å²) in [6, 6.07) is 5.88. The number of carbonyl (C=O) groups is 2. The summed E-state index contributed by atoms with van der Waals surface area (Å²) in [6.07, 6.45) is 0.235. The Hall–Kier alpha value is -2.28. The molecular formula is C16H23N3O4. The number of piperazine rings is 1. The summed E-state index contributed by atoms with van der Waals surface area (Å²) in [7, 11) is 3.57. The van der Waals surface area contributed by atoms with Crippen molar-refractivity contribution in [1.82, 2.24) is 15.1 Å². The summed E-state index contributed by atoms with van der Waals surface area (Å²) >= 11 is 0. The molecule has 7 heteroatoms. The number of likely N-dealkylation sites (N-methyl/N-ethyl adjacent to an activating group) is 1. The van der Waals surface area contributed by atoms with Crippen LogP contribution in [0, 0.1) is 0 Å². The quantitative estimate of drug-likeness (QED) is 0.832. The molecule has 0 radical (unpaired) electrons. The molecule has 1 atom stereocenters. The number of nitrogens with one attached hydrogen (secondary N) is 1. The molecule has 1 heterocycles. The maximum absolute atomic E-state index is 12.2. The van der Waals surface area contributed by atoms with Gasteiger partial charge in [-0.2, -0.15) is 0 Å². The van der Waals surface area contributed by atoms with Gasteiger partial charge in [0.1, 0.15) is 11.8 Å². The normalized spacial score (nSPS) is 16.7. The molecule has 1 aromatic rings. The van der Waals surface area contributed by atoms with Gasteiger partial charge in [0, 0.05) is 32.6 Å². The molecular weight excluding hydrogens is 298 g/mol. The number of aliphatic carboxylic acids is 1. The number of carboxylic acid groups (broad SMARTS) is 1. The van der Waals surface area contributed by atoms with Crippen molar-refractivity contribution >= 4 is 12.0 Å². The number of hydrogen-bond acceptors (Lipinski definition) is 4. The lowest BCUT2D eigenvalue weighted by atomic mass is 10.1. The molecule has 0 bridgehead atoms. The van der Waals surface area contributed by atoms with E-state index >= 15 is 0 Å². The highest BCUT2D eigenvalue weighted by Crippen LogP contribution is 2.13. The van der Waals surface area contributed by atoms with Crippen LogP contribution in [0.15, 0.2) is 24.3 Å². The number of benzene rings is 1. The van der Waals surface area contributed by atoms with Gasteiger partial charge in [0.2, 0.25) is 0 Å². The Kier molecular flexibility index (Phi) is 5.81. The van der Waals surface area contributed by atoms with Crippen LogP contribution in [0.4, 0.5) is 4.79 Å². The van der Waals surface area contributed by atoms with Gasteiger partial charge in [-0.1, -0.05) is 12.1 Å². The predicted octanol–water partition coefficient (Wildman–Crippen LogP) is 0.648. The largest absolute Gasteiger partial charge is 0.497 e. The summed E-state index contributed by atoms with van der Waals surface area (Å²) in [6.45, 7) is 2.81. The molecule has 0 aliphatic carbocycles. The van der Waals surface area contributed by atoms with Gasteiger partial charge in [0.25, 0.3) is 0 Å². The second-order valence-electron chi connectivity index (χ2n) is 5.68. The lowest BCUT2D eigenvalue weighted by Gasteiger charge is -2.33. The van der Waals surface area contributed by atoms with Crippen LogP contribution in [0.5, 0.6) is 5.75 Å². The van der Waals surface area contributed by atoms with Crippen molar-refractivity contribution in [2.75, 3.05) is 40.3 Å². The summed E-state index contributed by atoms with van der Waals surface area (Å²) in [5.41, 5.74) is 0.830. The fourth-order valence-electron chi connectivity index (χ4n) is 2.45. The van der Waals surface area contributed by atoms with Gasteiger partial charge in [0.05, 0.1) is 7.11 Å². The first-order valence-electron chi connectivity index (χ1n) is 7.59. The van der Waals surface area contributed by atoms with E-state index in [4.69, 9.17) is 4.74 Å². The van der Waals surface area contributed by atoms with Crippen LogP contribution in [0.25, 0.3) is 0 Å². The highest BCUT2D eigenvalue weighted by molar-refractivity contribution is 5.82. The van der Waals surface area contributed by atoms with Crippen molar-refractivity contribution in [3.8, 4) is 5.75 Å². The van der Waals surface area contributed by atoms with Crippen LogP contribution >= 0.6 is 0 Å². The van der Waals surface area contributed by atoms with Crippen LogP contribution in [0.2, 0.25) is 0 Å². The summed E-state index contributed by atoms with van der Waals surface area (Å²) < 4.78 is 5.08. The van der Waals surface area contributed by atoms with Gasteiger partial charge < -0.3 is 25.0 Å². The number of rotatable bonds is 5. The Morgan fingerprint density at radius 2 is 1.83 bits per heavy atom. The average Bonchev–Trinajstić information content (AvgIpc) is 2.55. The van der Waals surface area contributed by atoms with Crippen LogP contribution in [0.1, 0.15) is 5.56 Å². The first-order valence-corrected chi connectivity index (χ1v) is 7.59. The summed E-state index contributed by atoms with van der Waals surface area (Å²) in [4.78, 5) is 27.4. The third kappa shape index (κ3) is 4.85. The zero-order valence-corrected chi connectivity index (χ0v) is 13.5. The van der Waals surface area contributed by atoms with Gasteiger partial charge in [-0.25, -0.2) is 9.59 Å². The average molecular weight is 321 g/mol. The molecule has 2 N–H and O–H groups in total. The van der Waals surface area contributed by atoms with Crippen molar-refractivity contribution in [3.63, 3.8) is 0 Å². The SMILES string of the molecule is COc1ccc(C[C@H](NC(=O)N2CCN(C)CC2)C(=O)O)cc1. The van der Waals surface area contributed by atoms with E-state index in [9.17, 15) is 14.7 Å². The molecule has 7 nitrogen and oxygen atoms in total. The Bertz CT molecular complexity index is 539. The minimum absolute atomic E-state index is 0.235. The van der Waals surface area contributed by atoms with E-state index in [1.165, 1.54) is 0 Å². The molecule has 0 aromatic heterocycles. The molecule has 1 aromatic carbocycles. The first kappa shape index (κ1) is 17.1. The fourth-order valence-corrected chi connectivity index (χ4v) is 2.45. The zero-order chi connectivity index (χ0) is 16.8. The van der Waals surface area contributed by atoms with E-state index in [0.29, 0.717) is 18.8 Å². The zero-order valence-electron chi connectivity index (χ0n) is 13.5. The minimum Gasteiger partial charge on any atom is -0.497 e. The van der Waals surface area contributed by atoms with Crippen LogP contribution in [-0.4, -0.2) is 73.3 Å². The number of ether oxygens (including phenoxy) is 1. The van der Waals surface area contributed by atoms with E-state index in [-0.39, 0.29) is 12.5 Å². The van der Waals surface area contributed by atoms with Gasteiger partial charge in [-0.05, 0) is 24.7 Å². The number of hydrogen-bond donors (Lipinski definition) is 2. The van der Waals surface area contributed by atoms with Crippen molar-refractivity contribution in [2.24, 2.45) is 0 Å². The molecule has 2 amide bonds. The van der Waals surface area contributed by atoms with Crippen molar-refractivity contribution in [1.29, 1.82) is 0 Å². The number of methoxy groups -OCH3 is 1. The monoisotopic (exact) mass is 321 g/mol. The van der Waals surface area contributed by atoms with Gasteiger partial charge in [0.15, 0.2) is 0 Å². The number of amides is 2. The third-order valence-electron chi connectivity index (χ3n) is 3.99. The second kappa shape index (κ2) is 7.82. The molecule has 0 saturated carbocycles. The van der Waals surface area contributed by atoms with Gasteiger partial charge in [-0.3, -0.25) is 0 Å². The Balaban J connectivity index is 1.95. The maximum Gasteiger partial charge on any atom is 0.326 e. The minimum atomic E-state index is -1.04. The number of urea groups is 1. The highest BCUT2D eigenvalue weighted by Gasteiger charge is 2.25. The van der Waals surface area contributed by atoms with E-state index in [1.807, 2.05) is 7.05 Å². The van der Waals surface area contributed by atoms with E-state index < -0.39 is 12.0 Å². The number of nitrogens with zero attached hydrogens (tertiary/aromatic N) is 2. The first-order chi connectivity index (χ1) is 11.0. The molecule has 1 saturated heterocycles. The molecule has 2 rings (SSSR count). The Labute approximate surface area is 135 Å². The molecule has 0 unspecified atom stereocenters. The van der Waals surface area contributed by atoms with E-state index in [0.717, 1.165) is 18.7 Å². The topological polar surface area (TPSA) is 82.1 Å². The van der Waals surface area contributed by atoms with Crippen LogP contribution < -0.4 is 10.1 Å². The van der Waals surface area contributed by atoms with Crippen molar-refractivity contribution in [3.05, 3.63) is 29.8 Å². The van der Waals surface area contributed by atoms with E-state index in [2.05, 4.69) is 10.2 Å². The van der Waals surface area contributed by atoms with E-state index in [1.54, 1.807) is 36.3 Å². The Morgan fingerprint density at radius 3 is 2.35 bits per heavy atom. The molecule has 23 heavy (non-hydrogen) atoms. The second-order valence-corrected chi connectivity index (χ2v) is 5.68. The molecule has 1 fully saturated rings. The standard InChI is InChI=1S/C16H23N3O4/c1-18-7-9-19(10-8-18)16(22)17-14(15(20)21)11-12-3-5-13(23-2)6-4-12/h3-6,14H,7-11H2,1-2H3,(H,17,22)(H,20,21)/t14-/m0/s1. The van der Waals surface area contributed by atoms with Crippen molar-refractivity contribution < 1.29 is 19.4 Å². The molecule has 126 valence electrons. The van der Waals surface area contributed by atoms with Gasteiger partial charge >= 0.3 is 12.0 Å². The lowest BCUT2D eigenvalue weighted by molar-refractivity contribution is -0.139. The lowest BCUT2D eigenvalue weighted by Crippen LogP contribution is -2.54. The highest BCUT2D eigenvalue weighted by atomic mass is 16.5. The smallest absolute Gasteiger partial charge is 0.326 e. The van der Waals surface area contributed by atoms with Crippen LogP contribution in [-0.2, 0) is 11.2 Å². The van der Waals surface area contributed by atoms with Crippen molar-refractivity contribution in [2.45, 2.75) is 12.5 Å². The third-order valence-corrected chi connectivity index (χ3v) is 3.99. The fraction of sp³-hybridized carbons (Fsp3) is 0.500. The number of carboxylic acids is 1. The summed E-state index contributed by atoms with van der Waals surface area (Å²) in [5, 5.41) is 12.0. The maximum atomic E-state index is 12.2. The molecule has 0 spiro atoms. The predicted molar refractivity (Wildman–Crippen MR) is 85.7 cm³/mol.